The minimum atomic E-state index is 0.118. The van der Waals surface area contributed by atoms with Crippen molar-refractivity contribution in [3.63, 3.8) is 0 Å². The Hall–Kier alpha value is -0.0500. The second-order valence-electron chi connectivity index (χ2n) is 2.68. The highest BCUT2D eigenvalue weighted by atomic mass is 79.9. The summed E-state index contributed by atoms with van der Waals surface area (Å²) < 4.78 is 0. The van der Waals surface area contributed by atoms with Gasteiger partial charge < -0.3 is 5.32 Å². The SMILES string of the molecule is O=C(CBr)NC1CCCC1. The van der Waals surface area contributed by atoms with Crippen LogP contribution < -0.4 is 5.32 Å². The molecule has 0 radical (unpaired) electrons. The van der Waals surface area contributed by atoms with Crippen LogP contribution in [0.15, 0.2) is 0 Å². The summed E-state index contributed by atoms with van der Waals surface area (Å²) in [6.07, 6.45) is 4.87. The first-order chi connectivity index (χ1) is 4.83. The normalized spacial score (nSPS) is 19.3. The maximum absolute atomic E-state index is 10.8. The molecule has 0 heterocycles. The summed E-state index contributed by atoms with van der Waals surface area (Å²) in [5, 5.41) is 3.38. The summed E-state index contributed by atoms with van der Waals surface area (Å²) in [4.78, 5) is 10.8. The van der Waals surface area contributed by atoms with E-state index in [1.54, 1.807) is 0 Å². The first-order valence-electron chi connectivity index (χ1n) is 3.68. The second kappa shape index (κ2) is 3.96. The van der Waals surface area contributed by atoms with Crippen LogP contribution in [0.3, 0.4) is 0 Å². The lowest BCUT2D eigenvalue weighted by Gasteiger charge is -2.09. The number of carbonyl (C=O) groups is 1. The zero-order valence-corrected chi connectivity index (χ0v) is 7.49. The zero-order chi connectivity index (χ0) is 7.40. The van der Waals surface area contributed by atoms with Crippen LogP contribution in [-0.4, -0.2) is 17.3 Å². The molecule has 0 spiro atoms. The van der Waals surface area contributed by atoms with Crippen molar-refractivity contribution in [2.45, 2.75) is 31.7 Å². The third kappa shape index (κ3) is 2.29. The van der Waals surface area contributed by atoms with Crippen LogP contribution in [0.5, 0.6) is 0 Å². The minimum Gasteiger partial charge on any atom is -0.353 e. The Morgan fingerprint density at radius 2 is 2.10 bits per heavy atom. The molecule has 0 aromatic rings. The maximum atomic E-state index is 10.8. The molecule has 0 bridgehead atoms. The van der Waals surface area contributed by atoms with Crippen molar-refractivity contribution in [2.24, 2.45) is 0 Å². The largest absolute Gasteiger partial charge is 0.353 e. The van der Waals surface area contributed by atoms with E-state index in [-0.39, 0.29) is 5.91 Å². The molecule has 2 nitrogen and oxygen atoms in total. The topological polar surface area (TPSA) is 29.1 Å². The van der Waals surface area contributed by atoms with E-state index in [0.717, 1.165) is 0 Å². The smallest absolute Gasteiger partial charge is 0.230 e. The fourth-order valence-electron chi connectivity index (χ4n) is 1.34. The van der Waals surface area contributed by atoms with Crippen LogP contribution in [0, 0.1) is 0 Å². The fraction of sp³-hybridized carbons (Fsp3) is 0.857. The summed E-state index contributed by atoms with van der Waals surface area (Å²) in [5.41, 5.74) is 0. The van der Waals surface area contributed by atoms with Gasteiger partial charge in [-0.05, 0) is 12.8 Å². The molecule has 0 aromatic carbocycles. The Kier molecular flexibility index (Phi) is 3.19. The molecular weight excluding hydrogens is 194 g/mol. The van der Waals surface area contributed by atoms with E-state index in [9.17, 15) is 4.79 Å². The first kappa shape index (κ1) is 8.05. The zero-order valence-electron chi connectivity index (χ0n) is 5.90. The number of nitrogens with one attached hydrogen (secondary N) is 1. The number of halogens is 1. The van der Waals surface area contributed by atoms with E-state index < -0.39 is 0 Å². The van der Waals surface area contributed by atoms with Crippen LogP contribution in [-0.2, 0) is 4.79 Å². The summed E-state index contributed by atoms with van der Waals surface area (Å²) >= 11 is 3.11. The van der Waals surface area contributed by atoms with Crippen molar-refractivity contribution < 1.29 is 4.79 Å². The molecule has 1 N–H and O–H groups in total. The third-order valence-corrected chi connectivity index (χ3v) is 2.35. The van der Waals surface area contributed by atoms with Crippen molar-refractivity contribution in [1.29, 1.82) is 0 Å². The van der Waals surface area contributed by atoms with Gasteiger partial charge in [0.05, 0.1) is 5.33 Å². The highest BCUT2D eigenvalue weighted by Gasteiger charge is 2.15. The Morgan fingerprint density at radius 3 is 2.60 bits per heavy atom. The molecule has 10 heavy (non-hydrogen) atoms. The van der Waals surface area contributed by atoms with Crippen molar-refractivity contribution in [3.05, 3.63) is 0 Å². The van der Waals surface area contributed by atoms with Gasteiger partial charge in [0.1, 0.15) is 0 Å². The molecule has 1 aliphatic rings. The van der Waals surface area contributed by atoms with E-state index in [0.29, 0.717) is 11.4 Å². The van der Waals surface area contributed by atoms with Gasteiger partial charge in [-0.25, -0.2) is 0 Å². The molecule has 3 heteroatoms. The minimum absolute atomic E-state index is 0.118. The lowest BCUT2D eigenvalue weighted by molar-refractivity contribution is -0.119. The van der Waals surface area contributed by atoms with Crippen LogP contribution in [0.2, 0.25) is 0 Å². The van der Waals surface area contributed by atoms with Crippen LogP contribution in [0.25, 0.3) is 0 Å². The van der Waals surface area contributed by atoms with E-state index in [2.05, 4.69) is 21.2 Å². The van der Waals surface area contributed by atoms with Crippen LogP contribution >= 0.6 is 15.9 Å². The third-order valence-electron chi connectivity index (χ3n) is 1.84. The van der Waals surface area contributed by atoms with Gasteiger partial charge in [-0.1, -0.05) is 28.8 Å². The van der Waals surface area contributed by atoms with Crippen molar-refractivity contribution in [2.75, 3.05) is 5.33 Å². The predicted molar refractivity (Wildman–Crippen MR) is 44.2 cm³/mol. The number of carbonyl (C=O) groups excluding carboxylic acids is 1. The average Bonchev–Trinajstić information content (AvgIpc) is 2.40. The van der Waals surface area contributed by atoms with E-state index >= 15 is 0 Å². The molecule has 1 fully saturated rings. The summed E-state index contributed by atoms with van der Waals surface area (Å²) in [6.45, 7) is 0. The van der Waals surface area contributed by atoms with E-state index in [4.69, 9.17) is 0 Å². The molecule has 0 saturated heterocycles. The molecule has 0 atom stereocenters. The summed E-state index contributed by atoms with van der Waals surface area (Å²) in [5.74, 6) is 0.118. The molecule has 58 valence electrons. The van der Waals surface area contributed by atoms with Gasteiger partial charge in [-0.3, -0.25) is 4.79 Å². The predicted octanol–water partition coefficient (Wildman–Crippen LogP) is 1.44. The number of alkyl halides is 1. The standard InChI is InChI=1S/C7H12BrNO/c8-5-7(10)9-6-3-1-2-4-6/h6H,1-5H2,(H,9,10). The molecule has 0 aromatic heterocycles. The van der Waals surface area contributed by atoms with Gasteiger partial charge in [0, 0.05) is 6.04 Å². The van der Waals surface area contributed by atoms with Gasteiger partial charge in [0.15, 0.2) is 0 Å². The number of amides is 1. The van der Waals surface area contributed by atoms with Crippen molar-refractivity contribution in [1.82, 2.24) is 5.32 Å². The first-order valence-corrected chi connectivity index (χ1v) is 4.80. The lowest BCUT2D eigenvalue weighted by atomic mass is 10.2. The summed E-state index contributed by atoms with van der Waals surface area (Å²) in [7, 11) is 0. The van der Waals surface area contributed by atoms with Gasteiger partial charge in [-0.15, -0.1) is 0 Å². The molecule has 0 unspecified atom stereocenters. The van der Waals surface area contributed by atoms with E-state index in [1.165, 1.54) is 25.7 Å². The van der Waals surface area contributed by atoms with Gasteiger partial charge >= 0.3 is 0 Å². The van der Waals surface area contributed by atoms with Gasteiger partial charge in [0.25, 0.3) is 0 Å². The number of hydrogen-bond acceptors (Lipinski definition) is 1. The Bertz CT molecular complexity index is 121. The molecule has 1 saturated carbocycles. The Labute approximate surface area is 69.5 Å². The molecule has 0 aliphatic heterocycles. The molecule has 1 rings (SSSR count). The van der Waals surface area contributed by atoms with E-state index in [1.807, 2.05) is 0 Å². The molecule has 1 aliphatic carbocycles. The Balaban J connectivity index is 2.17. The molecule has 1 amide bonds. The van der Waals surface area contributed by atoms with Crippen LogP contribution in [0.1, 0.15) is 25.7 Å². The fourth-order valence-corrected chi connectivity index (χ4v) is 1.50. The van der Waals surface area contributed by atoms with Gasteiger partial charge in [0.2, 0.25) is 5.91 Å². The maximum Gasteiger partial charge on any atom is 0.230 e. The number of rotatable bonds is 2. The van der Waals surface area contributed by atoms with Crippen molar-refractivity contribution >= 4 is 21.8 Å². The monoisotopic (exact) mass is 205 g/mol. The highest BCUT2D eigenvalue weighted by Crippen LogP contribution is 2.17. The second-order valence-corrected chi connectivity index (χ2v) is 3.24. The lowest BCUT2D eigenvalue weighted by Crippen LogP contribution is -2.33. The van der Waals surface area contributed by atoms with Gasteiger partial charge in [-0.2, -0.15) is 0 Å². The van der Waals surface area contributed by atoms with Crippen molar-refractivity contribution in [3.8, 4) is 0 Å². The Morgan fingerprint density at radius 1 is 1.50 bits per heavy atom. The molecular formula is C7H12BrNO. The quantitative estimate of drug-likeness (QED) is 0.680. The highest BCUT2D eigenvalue weighted by molar-refractivity contribution is 9.09. The summed E-state index contributed by atoms with van der Waals surface area (Å²) in [6, 6.07) is 0.463. The number of hydrogen-bond donors (Lipinski definition) is 1. The van der Waals surface area contributed by atoms with Crippen LogP contribution in [0.4, 0.5) is 0 Å². The average molecular weight is 206 g/mol.